The normalized spacial score (nSPS) is 11.4. The molecule has 4 heteroatoms. The Kier molecular flexibility index (Phi) is 2.97. The third-order valence-electron chi connectivity index (χ3n) is 3.08. The summed E-state index contributed by atoms with van der Waals surface area (Å²) < 4.78 is 0. The molecule has 0 aliphatic rings. The number of aromatic nitrogens is 1. The number of hydrogen-bond donors (Lipinski definition) is 2. The molecule has 0 spiro atoms. The van der Waals surface area contributed by atoms with Gasteiger partial charge in [-0.3, -0.25) is 0 Å². The number of benzene rings is 2. The molecule has 0 atom stereocenters. The van der Waals surface area contributed by atoms with Crippen LogP contribution in [0.2, 0.25) is 5.02 Å². The van der Waals surface area contributed by atoms with Crippen LogP contribution in [0.15, 0.2) is 53.7 Å². The number of H-pyrrole nitrogens is 1. The van der Waals surface area contributed by atoms with E-state index in [1.54, 1.807) is 0 Å². The van der Waals surface area contributed by atoms with E-state index >= 15 is 0 Å². The summed E-state index contributed by atoms with van der Waals surface area (Å²) in [7, 11) is 0. The van der Waals surface area contributed by atoms with Crippen molar-refractivity contribution in [1.29, 1.82) is 0 Å². The molecule has 0 amide bonds. The van der Waals surface area contributed by atoms with E-state index in [0.717, 1.165) is 27.7 Å². The Morgan fingerprint density at radius 2 is 1.79 bits per heavy atom. The van der Waals surface area contributed by atoms with Gasteiger partial charge in [0.05, 0.1) is 11.9 Å². The molecule has 3 aromatic rings. The molecule has 0 saturated heterocycles. The fourth-order valence-electron chi connectivity index (χ4n) is 2.23. The van der Waals surface area contributed by atoms with Crippen molar-refractivity contribution in [1.82, 2.24) is 4.98 Å². The van der Waals surface area contributed by atoms with E-state index in [1.165, 1.54) is 6.21 Å². The molecule has 0 radical (unpaired) electrons. The molecule has 94 valence electrons. The molecule has 0 aliphatic carbocycles. The van der Waals surface area contributed by atoms with Gasteiger partial charge in [-0.25, -0.2) is 0 Å². The van der Waals surface area contributed by atoms with Gasteiger partial charge in [-0.15, -0.1) is 0 Å². The van der Waals surface area contributed by atoms with E-state index in [0.29, 0.717) is 5.02 Å². The van der Waals surface area contributed by atoms with E-state index in [-0.39, 0.29) is 0 Å². The van der Waals surface area contributed by atoms with Crippen molar-refractivity contribution >= 4 is 28.7 Å². The molecular weight excluding hydrogens is 260 g/mol. The zero-order valence-electron chi connectivity index (χ0n) is 9.97. The maximum atomic E-state index is 8.86. The lowest BCUT2D eigenvalue weighted by molar-refractivity contribution is 0.322. The highest BCUT2D eigenvalue weighted by atomic mass is 35.5. The fraction of sp³-hybridized carbons (Fsp3) is 0. The Morgan fingerprint density at radius 3 is 2.58 bits per heavy atom. The van der Waals surface area contributed by atoms with Gasteiger partial charge in [-0.05, 0) is 12.1 Å². The first kappa shape index (κ1) is 11.8. The molecule has 1 heterocycles. The second kappa shape index (κ2) is 4.78. The molecule has 0 bridgehead atoms. The summed E-state index contributed by atoms with van der Waals surface area (Å²) >= 11 is 6.23. The Hall–Kier alpha value is -2.26. The molecule has 2 aromatic carbocycles. The second-order valence-electron chi connectivity index (χ2n) is 4.18. The van der Waals surface area contributed by atoms with Crippen molar-refractivity contribution < 1.29 is 5.21 Å². The summed E-state index contributed by atoms with van der Waals surface area (Å²) in [4.78, 5) is 3.32. The van der Waals surface area contributed by atoms with Gasteiger partial charge < -0.3 is 10.2 Å². The summed E-state index contributed by atoms with van der Waals surface area (Å²) in [6.07, 6.45) is 1.43. The minimum absolute atomic E-state index is 0.654. The van der Waals surface area contributed by atoms with Gasteiger partial charge in [0.1, 0.15) is 0 Å². The van der Waals surface area contributed by atoms with Crippen molar-refractivity contribution in [3.8, 4) is 11.3 Å². The average Bonchev–Trinajstić information content (AvgIpc) is 2.79. The molecule has 2 N–H and O–H groups in total. The minimum atomic E-state index is 0.654. The highest BCUT2D eigenvalue weighted by Crippen LogP contribution is 2.33. The topological polar surface area (TPSA) is 48.4 Å². The van der Waals surface area contributed by atoms with Crippen LogP contribution in [0.3, 0.4) is 0 Å². The highest BCUT2D eigenvalue weighted by molar-refractivity contribution is 6.33. The van der Waals surface area contributed by atoms with Crippen LogP contribution in [0, 0.1) is 0 Å². The SMILES string of the molecule is O/N=C/c1c(-c2ccccc2Cl)[nH]c2ccccc12. The van der Waals surface area contributed by atoms with Crippen molar-refractivity contribution in [3.63, 3.8) is 0 Å². The Morgan fingerprint density at radius 1 is 1.05 bits per heavy atom. The first-order valence-electron chi connectivity index (χ1n) is 5.84. The van der Waals surface area contributed by atoms with Crippen molar-refractivity contribution in [3.05, 3.63) is 59.1 Å². The van der Waals surface area contributed by atoms with Gasteiger partial charge in [-0.2, -0.15) is 0 Å². The summed E-state index contributed by atoms with van der Waals surface area (Å²) in [6, 6.07) is 15.4. The Bertz CT molecular complexity index is 762. The lowest BCUT2D eigenvalue weighted by atomic mass is 10.1. The lowest BCUT2D eigenvalue weighted by Crippen LogP contribution is -1.86. The number of fused-ring (bicyclic) bond motifs is 1. The molecule has 0 aliphatic heterocycles. The third kappa shape index (κ3) is 1.98. The first-order valence-corrected chi connectivity index (χ1v) is 6.22. The zero-order chi connectivity index (χ0) is 13.2. The van der Waals surface area contributed by atoms with Crippen molar-refractivity contribution in [2.75, 3.05) is 0 Å². The molecule has 1 aromatic heterocycles. The maximum Gasteiger partial charge on any atom is 0.0761 e. The molecule has 3 nitrogen and oxygen atoms in total. The molecule has 3 rings (SSSR count). The summed E-state index contributed by atoms with van der Waals surface area (Å²) in [5.41, 5.74) is 3.54. The van der Waals surface area contributed by atoms with Crippen molar-refractivity contribution in [2.24, 2.45) is 5.16 Å². The minimum Gasteiger partial charge on any atom is -0.411 e. The fourth-order valence-corrected chi connectivity index (χ4v) is 2.46. The number of nitrogens with one attached hydrogen (secondary N) is 1. The molecule has 19 heavy (non-hydrogen) atoms. The summed E-state index contributed by atoms with van der Waals surface area (Å²) in [5.74, 6) is 0. The first-order chi connectivity index (χ1) is 9.31. The highest BCUT2D eigenvalue weighted by Gasteiger charge is 2.13. The van der Waals surface area contributed by atoms with Crippen LogP contribution >= 0.6 is 11.6 Å². The molecule has 0 saturated carbocycles. The predicted octanol–water partition coefficient (Wildman–Crippen LogP) is 4.30. The standard InChI is InChI=1S/C15H11ClN2O/c16-13-7-3-1-6-11(13)15-12(9-17-19)10-5-2-4-8-14(10)18-15/h1-9,18-19H/b17-9+. The monoisotopic (exact) mass is 270 g/mol. The quantitative estimate of drug-likeness (QED) is 0.407. The van der Waals surface area contributed by atoms with Crippen LogP contribution < -0.4 is 0 Å². The molecule has 0 unspecified atom stereocenters. The van der Waals surface area contributed by atoms with E-state index in [9.17, 15) is 0 Å². The third-order valence-corrected chi connectivity index (χ3v) is 3.41. The van der Waals surface area contributed by atoms with Crippen LogP contribution in [0.5, 0.6) is 0 Å². The smallest absolute Gasteiger partial charge is 0.0761 e. The summed E-state index contributed by atoms with van der Waals surface area (Å²) in [6.45, 7) is 0. The van der Waals surface area contributed by atoms with Crippen LogP contribution in [-0.4, -0.2) is 16.4 Å². The van der Waals surface area contributed by atoms with Gasteiger partial charge in [0, 0.05) is 27.1 Å². The van der Waals surface area contributed by atoms with Crippen LogP contribution in [0.4, 0.5) is 0 Å². The molecular formula is C15H11ClN2O. The number of aromatic amines is 1. The zero-order valence-corrected chi connectivity index (χ0v) is 10.7. The van der Waals surface area contributed by atoms with Gasteiger partial charge in [0.15, 0.2) is 0 Å². The Balaban J connectivity index is 2.35. The van der Waals surface area contributed by atoms with E-state index in [2.05, 4.69) is 10.1 Å². The predicted molar refractivity (Wildman–Crippen MR) is 78.1 cm³/mol. The lowest BCUT2D eigenvalue weighted by Gasteiger charge is -2.02. The number of hydrogen-bond acceptors (Lipinski definition) is 2. The van der Waals surface area contributed by atoms with E-state index in [1.807, 2.05) is 48.5 Å². The maximum absolute atomic E-state index is 8.86. The van der Waals surface area contributed by atoms with E-state index in [4.69, 9.17) is 16.8 Å². The van der Waals surface area contributed by atoms with Crippen molar-refractivity contribution in [2.45, 2.75) is 0 Å². The van der Waals surface area contributed by atoms with Gasteiger partial charge in [0.2, 0.25) is 0 Å². The van der Waals surface area contributed by atoms with Gasteiger partial charge >= 0.3 is 0 Å². The number of nitrogens with zero attached hydrogens (tertiary/aromatic N) is 1. The number of halogens is 1. The van der Waals surface area contributed by atoms with Gasteiger partial charge in [-0.1, -0.05) is 53.2 Å². The molecule has 0 fully saturated rings. The number of para-hydroxylation sites is 1. The second-order valence-corrected chi connectivity index (χ2v) is 4.59. The largest absolute Gasteiger partial charge is 0.411 e. The van der Waals surface area contributed by atoms with Crippen LogP contribution in [0.1, 0.15) is 5.56 Å². The Labute approximate surface area is 115 Å². The number of oxime groups is 1. The summed E-state index contributed by atoms with van der Waals surface area (Å²) in [5, 5.41) is 13.7. The van der Waals surface area contributed by atoms with Gasteiger partial charge in [0.25, 0.3) is 0 Å². The number of rotatable bonds is 2. The van der Waals surface area contributed by atoms with E-state index < -0.39 is 0 Å². The van der Waals surface area contributed by atoms with Crippen LogP contribution in [-0.2, 0) is 0 Å². The average molecular weight is 271 g/mol. The van der Waals surface area contributed by atoms with Crippen LogP contribution in [0.25, 0.3) is 22.2 Å².